The van der Waals surface area contributed by atoms with E-state index < -0.39 is 0 Å². The molecule has 0 aliphatic heterocycles. The first kappa shape index (κ1) is 10.4. The molecular formula is C14H19N. The molecule has 0 heterocycles. The summed E-state index contributed by atoms with van der Waals surface area (Å²) in [5.74, 6) is 0.890. The lowest BCUT2D eigenvalue weighted by Crippen LogP contribution is -2.11. The molecule has 0 aromatic heterocycles. The molecule has 0 spiro atoms. The maximum Gasteiger partial charge on any atom is 0.0631 e. The van der Waals surface area contributed by atoms with E-state index in [-0.39, 0.29) is 0 Å². The van der Waals surface area contributed by atoms with Crippen molar-refractivity contribution in [2.24, 2.45) is 10.9 Å². The van der Waals surface area contributed by atoms with E-state index in [4.69, 9.17) is 4.99 Å². The maximum absolute atomic E-state index is 4.73. The van der Waals surface area contributed by atoms with Crippen LogP contribution in [0.5, 0.6) is 0 Å². The lowest BCUT2D eigenvalue weighted by Gasteiger charge is -2.18. The van der Waals surface area contributed by atoms with Crippen molar-refractivity contribution < 1.29 is 0 Å². The summed E-state index contributed by atoms with van der Waals surface area (Å²) in [7, 11) is 0. The van der Waals surface area contributed by atoms with Crippen LogP contribution in [0.25, 0.3) is 0 Å². The zero-order valence-corrected chi connectivity index (χ0v) is 9.66. The molecule has 1 aromatic rings. The molecule has 1 aromatic carbocycles. The third kappa shape index (κ3) is 2.92. The first-order valence-corrected chi connectivity index (χ1v) is 5.87. The van der Waals surface area contributed by atoms with Crippen molar-refractivity contribution in [2.45, 2.75) is 39.5 Å². The fourth-order valence-corrected chi connectivity index (χ4v) is 2.09. The van der Waals surface area contributed by atoms with E-state index in [0.717, 1.165) is 11.6 Å². The van der Waals surface area contributed by atoms with Crippen LogP contribution in [0, 0.1) is 12.8 Å². The Kier molecular flexibility index (Phi) is 3.20. The van der Waals surface area contributed by atoms with Gasteiger partial charge in [-0.05, 0) is 56.2 Å². The van der Waals surface area contributed by atoms with Crippen LogP contribution in [0.3, 0.4) is 0 Å². The molecule has 2 rings (SSSR count). The van der Waals surface area contributed by atoms with Crippen LogP contribution in [-0.4, -0.2) is 5.71 Å². The van der Waals surface area contributed by atoms with Crippen molar-refractivity contribution in [3.63, 3.8) is 0 Å². The molecule has 1 saturated carbocycles. The number of hydrogen-bond acceptors (Lipinski definition) is 1. The second-order valence-electron chi connectivity index (χ2n) is 4.70. The smallest absolute Gasteiger partial charge is 0.0631 e. The molecule has 1 heteroatoms. The zero-order valence-electron chi connectivity index (χ0n) is 9.66. The van der Waals surface area contributed by atoms with Gasteiger partial charge in [-0.1, -0.05) is 19.1 Å². The van der Waals surface area contributed by atoms with Crippen LogP contribution in [0.15, 0.2) is 29.3 Å². The maximum atomic E-state index is 4.73. The second kappa shape index (κ2) is 4.61. The van der Waals surface area contributed by atoms with E-state index in [2.05, 4.69) is 38.1 Å². The number of hydrogen-bond donors (Lipinski definition) is 0. The van der Waals surface area contributed by atoms with Gasteiger partial charge in [0, 0.05) is 5.71 Å². The highest BCUT2D eigenvalue weighted by molar-refractivity contribution is 5.87. The quantitative estimate of drug-likeness (QED) is 0.643. The van der Waals surface area contributed by atoms with Gasteiger partial charge in [-0.3, -0.25) is 4.99 Å². The Balaban J connectivity index is 2.10. The predicted molar refractivity (Wildman–Crippen MR) is 65.9 cm³/mol. The highest BCUT2D eigenvalue weighted by atomic mass is 14.7. The van der Waals surface area contributed by atoms with Crippen LogP contribution in [0.1, 0.15) is 38.2 Å². The van der Waals surface area contributed by atoms with Gasteiger partial charge in [0.1, 0.15) is 0 Å². The predicted octanol–water partition coefficient (Wildman–Crippen LogP) is 4.28. The molecule has 0 saturated heterocycles. The van der Waals surface area contributed by atoms with Crippen molar-refractivity contribution in [1.29, 1.82) is 0 Å². The van der Waals surface area contributed by atoms with Crippen LogP contribution in [-0.2, 0) is 0 Å². The van der Waals surface area contributed by atoms with Gasteiger partial charge in [0.2, 0.25) is 0 Å². The third-order valence-electron chi connectivity index (χ3n) is 3.14. The molecule has 80 valence electrons. The molecule has 0 atom stereocenters. The molecule has 0 radical (unpaired) electrons. The number of nitrogens with zero attached hydrogens (tertiary/aromatic N) is 1. The normalized spacial score (nSPS) is 21.5. The van der Waals surface area contributed by atoms with Gasteiger partial charge in [0.15, 0.2) is 0 Å². The van der Waals surface area contributed by atoms with Crippen LogP contribution in [0.4, 0.5) is 5.69 Å². The Morgan fingerprint density at radius 1 is 1.20 bits per heavy atom. The number of aryl methyl sites for hydroxylation is 1. The summed E-state index contributed by atoms with van der Waals surface area (Å²) in [5.41, 5.74) is 3.80. The fourth-order valence-electron chi connectivity index (χ4n) is 2.09. The van der Waals surface area contributed by atoms with Gasteiger partial charge in [-0.15, -0.1) is 0 Å². The molecule has 15 heavy (non-hydrogen) atoms. The first-order valence-electron chi connectivity index (χ1n) is 5.87. The van der Waals surface area contributed by atoms with Gasteiger partial charge in [-0.25, -0.2) is 0 Å². The Labute approximate surface area is 92.2 Å². The summed E-state index contributed by atoms with van der Waals surface area (Å²) < 4.78 is 0. The Hall–Kier alpha value is -1.11. The highest BCUT2D eigenvalue weighted by Gasteiger charge is 2.13. The molecule has 0 N–H and O–H groups in total. The lowest BCUT2D eigenvalue weighted by atomic mass is 9.89. The van der Waals surface area contributed by atoms with E-state index in [1.54, 1.807) is 0 Å². The molecule has 1 nitrogen and oxygen atoms in total. The number of rotatable bonds is 1. The van der Waals surface area contributed by atoms with Crippen molar-refractivity contribution in [3.05, 3.63) is 29.8 Å². The van der Waals surface area contributed by atoms with Gasteiger partial charge in [0.25, 0.3) is 0 Å². The summed E-state index contributed by atoms with van der Waals surface area (Å²) in [6, 6.07) is 8.45. The van der Waals surface area contributed by atoms with Crippen LogP contribution >= 0.6 is 0 Å². The van der Waals surface area contributed by atoms with Gasteiger partial charge >= 0.3 is 0 Å². The SMILES string of the molecule is Cc1cccc(N=C2CCC(C)CC2)c1. The molecule has 1 fully saturated rings. The summed E-state index contributed by atoms with van der Waals surface area (Å²) in [5, 5.41) is 0. The van der Waals surface area contributed by atoms with E-state index in [1.807, 2.05) is 0 Å². The summed E-state index contributed by atoms with van der Waals surface area (Å²) in [6.07, 6.45) is 5.00. The lowest BCUT2D eigenvalue weighted by molar-refractivity contribution is 0.483. The van der Waals surface area contributed by atoms with Crippen molar-refractivity contribution in [3.8, 4) is 0 Å². The van der Waals surface area contributed by atoms with E-state index in [9.17, 15) is 0 Å². The Morgan fingerprint density at radius 3 is 2.60 bits per heavy atom. The van der Waals surface area contributed by atoms with Crippen molar-refractivity contribution in [1.82, 2.24) is 0 Å². The van der Waals surface area contributed by atoms with Crippen molar-refractivity contribution in [2.75, 3.05) is 0 Å². The van der Waals surface area contributed by atoms with Crippen molar-refractivity contribution >= 4 is 11.4 Å². The minimum atomic E-state index is 0.890. The number of benzene rings is 1. The van der Waals surface area contributed by atoms with E-state index in [1.165, 1.54) is 37.0 Å². The Bertz CT molecular complexity index is 355. The number of aliphatic imine (C=N–C) groups is 1. The molecule has 0 amide bonds. The Morgan fingerprint density at radius 2 is 1.93 bits per heavy atom. The average Bonchev–Trinajstić information content (AvgIpc) is 2.22. The fraction of sp³-hybridized carbons (Fsp3) is 0.500. The minimum absolute atomic E-state index is 0.890. The van der Waals surface area contributed by atoms with E-state index >= 15 is 0 Å². The molecule has 0 bridgehead atoms. The van der Waals surface area contributed by atoms with Gasteiger partial charge < -0.3 is 0 Å². The molecular weight excluding hydrogens is 182 g/mol. The monoisotopic (exact) mass is 201 g/mol. The average molecular weight is 201 g/mol. The molecule has 0 unspecified atom stereocenters. The topological polar surface area (TPSA) is 12.4 Å². The third-order valence-corrected chi connectivity index (χ3v) is 3.14. The standard InChI is InChI=1S/C14H19N/c1-11-6-8-13(9-7-11)15-14-5-3-4-12(2)10-14/h3-5,10-11H,6-9H2,1-2H3. The summed E-state index contributed by atoms with van der Waals surface area (Å²) in [4.78, 5) is 4.73. The van der Waals surface area contributed by atoms with Crippen LogP contribution in [0.2, 0.25) is 0 Å². The molecule has 1 aliphatic carbocycles. The summed E-state index contributed by atoms with van der Waals surface area (Å²) >= 11 is 0. The minimum Gasteiger partial charge on any atom is -0.258 e. The largest absolute Gasteiger partial charge is 0.258 e. The molecule has 1 aliphatic rings. The second-order valence-corrected chi connectivity index (χ2v) is 4.70. The highest BCUT2D eigenvalue weighted by Crippen LogP contribution is 2.24. The van der Waals surface area contributed by atoms with E-state index in [0.29, 0.717) is 0 Å². The van der Waals surface area contributed by atoms with Crippen LogP contribution < -0.4 is 0 Å². The van der Waals surface area contributed by atoms with Gasteiger partial charge in [-0.2, -0.15) is 0 Å². The zero-order chi connectivity index (χ0) is 10.7. The first-order chi connectivity index (χ1) is 7.24. The van der Waals surface area contributed by atoms with Gasteiger partial charge in [0.05, 0.1) is 5.69 Å². The summed E-state index contributed by atoms with van der Waals surface area (Å²) in [6.45, 7) is 4.45.